The first kappa shape index (κ1) is 20.9. The van der Waals surface area contributed by atoms with E-state index in [0.717, 1.165) is 12.8 Å². The maximum absolute atomic E-state index is 13.0. The molecule has 2 aliphatic rings. The summed E-state index contributed by atoms with van der Waals surface area (Å²) in [5, 5.41) is 8.96. The van der Waals surface area contributed by atoms with Crippen molar-refractivity contribution in [2.24, 2.45) is 10.8 Å². The third-order valence-corrected chi connectivity index (χ3v) is 5.61. The number of benzene rings is 2. The first-order valence-electron chi connectivity index (χ1n) is 10.1. The number of likely N-dealkylation sites (tertiary alicyclic amines) is 1. The van der Waals surface area contributed by atoms with Crippen molar-refractivity contribution in [3.8, 4) is 0 Å². The minimum Gasteiger partial charge on any atom is -0.368 e. The predicted molar refractivity (Wildman–Crippen MR) is 119 cm³/mol. The van der Waals surface area contributed by atoms with Crippen LogP contribution in [-0.2, 0) is 9.59 Å². The maximum Gasteiger partial charge on any atom is 0.271 e. The summed E-state index contributed by atoms with van der Waals surface area (Å²) in [6, 6.07) is 13.0. The van der Waals surface area contributed by atoms with Gasteiger partial charge in [0.05, 0.1) is 16.9 Å². The van der Waals surface area contributed by atoms with E-state index >= 15 is 0 Å². The first-order chi connectivity index (χ1) is 14.9. The molecule has 0 radical (unpaired) electrons. The fraction of sp³-hybridized carbons (Fsp3) is 0.273. The van der Waals surface area contributed by atoms with Gasteiger partial charge in [-0.2, -0.15) is 5.10 Å². The highest BCUT2D eigenvalue weighted by molar-refractivity contribution is 6.44. The van der Waals surface area contributed by atoms with Crippen LogP contribution in [0.25, 0.3) is 0 Å². The number of nitrogens with one attached hydrogen (secondary N) is 1. The van der Waals surface area contributed by atoms with Gasteiger partial charge in [0.15, 0.2) is 0 Å². The van der Waals surface area contributed by atoms with Crippen molar-refractivity contribution in [1.29, 1.82) is 0 Å². The lowest BCUT2D eigenvalue weighted by Gasteiger charge is -2.20. The van der Waals surface area contributed by atoms with Crippen molar-refractivity contribution in [2.75, 3.05) is 23.4 Å². The van der Waals surface area contributed by atoms with Gasteiger partial charge in [-0.15, -0.1) is 0 Å². The molecule has 4 rings (SSSR count). The quantitative estimate of drug-likeness (QED) is 0.746. The van der Waals surface area contributed by atoms with Crippen LogP contribution in [0.3, 0.4) is 0 Å². The van der Waals surface area contributed by atoms with Gasteiger partial charge >= 0.3 is 0 Å². The van der Waals surface area contributed by atoms with Gasteiger partial charge in [-0.25, -0.2) is 0 Å². The van der Waals surface area contributed by atoms with Crippen molar-refractivity contribution in [3.05, 3.63) is 59.1 Å². The number of para-hydroxylation sites is 1. The third-order valence-electron chi connectivity index (χ3n) is 5.38. The van der Waals surface area contributed by atoms with Gasteiger partial charge in [0.1, 0.15) is 11.8 Å². The number of nitrogens with two attached hydrogens (primary N) is 1. The number of halogens is 1. The Morgan fingerprint density at radius 3 is 2.45 bits per heavy atom. The fourth-order valence-corrected chi connectivity index (χ4v) is 3.95. The van der Waals surface area contributed by atoms with Crippen LogP contribution in [0, 0.1) is 0 Å². The van der Waals surface area contributed by atoms with Crippen molar-refractivity contribution in [3.63, 3.8) is 0 Å². The molecular weight excluding hydrogens is 418 g/mol. The number of hydrogen-bond donors (Lipinski definition) is 2. The highest BCUT2D eigenvalue weighted by Gasteiger charge is 2.35. The van der Waals surface area contributed by atoms with Crippen LogP contribution in [0.5, 0.6) is 0 Å². The molecule has 2 aliphatic heterocycles. The standard InChI is InChI=1S/C22H22ClN5O3/c23-14-8-9-17(16(12-14)22(31)27-10-4-5-11-27)25-21(30)18-13-19(20(24)29)28(26-18)15-6-2-1-3-7-15/h1-3,6-9,12,19H,4-5,10-11,13H2,(H2,24,29)(H,25,30). The van der Waals surface area contributed by atoms with Gasteiger partial charge in [-0.1, -0.05) is 29.8 Å². The van der Waals surface area contributed by atoms with E-state index in [0.29, 0.717) is 35.1 Å². The second-order valence-corrected chi connectivity index (χ2v) is 7.93. The molecule has 3 amide bonds. The number of hydrazone groups is 1. The summed E-state index contributed by atoms with van der Waals surface area (Å²) in [4.78, 5) is 39.6. The zero-order valence-electron chi connectivity index (χ0n) is 16.8. The second kappa shape index (κ2) is 8.77. The number of anilines is 2. The van der Waals surface area contributed by atoms with E-state index in [-0.39, 0.29) is 18.0 Å². The molecule has 1 unspecified atom stereocenters. The third kappa shape index (κ3) is 4.39. The largest absolute Gasteiger partial charge is 0.368 e. The average Bonchev–Trinajstić information content (AvgIpc) is 3.45. The van der Waals surface area contributed by atoms with Crippen LogP contribution in [0.1, 0.15) is 29.6 Å². The molecule has 2 aromatic rings. The van der Waals surface area contributed by atoms with Gasteiger partial charge < -0.3 is 16.0 Å². The van der Waals surface area contributed by atoms with E-state index in [2.05, 4.69) is 10.4 Å². The Balaban J connectivity index is 1.58. The number of nitrogens with zero attached hydrogens (tertiary/aromatic N) is 3. The topological polar surface area (TPSA) is 108 Å². The smallest absolute Gasteiger partial charge is 0.271 e. The van der Waals surface area contributed by atoms with E-state index in [1.54, 1.807) is 35.2 Å². The number of hydrogen-bond acceptors (Lipinski definition) is 5. The number of carbonyl (C=O) groups is 3. The second-order valence-electron chi connectivity index (χ2n) is 7.49. The van der Waals surface area contributed by atoms with E-state index in [1.165, 1.54) is 5.01 Å². The van der Waals surface area contributed by atoms with Crippen LogP contribution in [0.15, 0.2) is 53.6 Å². The zero-order valence-corrected chi connectivity index (χ0v) is 17.5. The minimum absolute atomic E-state index is 0.0685. The molecule has 0 aromatic heterocycles. The zero-order chi connectivity index (χ0) is 22.0. The van der Waals surface area contributed by atoms with Crippen LogP contribution in [0.4, 0.5) is 11.4 Å². The molecule has 3 N–H and O–H groups in total. The lowest BCUT2D eigenvalue weighted by molar-refractivity contribution is -0.119. The molecule has 8 nitrogen and oxygen atoms in total. The van der Waals surface area contributed by atoms with E-state index in [4.69, 9.17) is 17.3 Å². The monoisotopic (exact) mass is 439 g/mol. The molecule has 0 saturated carbocycles. The molecule has 2 heterocycles. The summed E-state index contributed by atoms with van der Waals surface area (Å²) in [5.41, 5.74) is 7.03. The molecule has 9 heteroatoms. The predicted octanol–water partition coefficient (Wildman–Crippen LogP) is 2.63. The van der Waals surface area contributed by atoms with E-state index in [1.807, 2.05) is 18.2 Å². The molecule has 31 heavy (non-hydrogen) atoms. The maximum atomic E-state index is 13.0. The highest BCUT2D eigenvalue weighted by Crippen LogP contribution is 2.27. The SMILES string of the molecule is NC(=O)C1CC(C(=O)Nc2ccc(Cl)cc2C(=O)N2CCCC2)=NN1c1ccccc1. The first-order valence-corrected chi connectivity index (χ1v) is 10.4. The Hall–Kier alpha value is -3.39. The molecule has 160 valence electrons. The van der Waals surface area contributed by atoms with Crippen molar-refractivity contribution >= 4 is 46.4 Å². The van der Waals surface area contributed by atoms with Crippen molar-refractivity contribution in [2.45, 2.75) is 25.3 Å². The Kier molecular flexibility index (Phi) is 5.90. The highest BCUT2D eigenvalue weighted by atomic mass is 35.5. The molecule has 0 aliphatic carbocycles. The van der Waals surface area contributed by atoms with Gasteiger partial charge in [-0.3, -0.25) is 19.4 Å². The van der Waals surface area contributed by atoms with Crippen LogP contribution < -0.4 is 16.1 Å². The van der Waals surface area contributed by atoms with E-state index in [9.17, 15) is 14.4 Å². The number of amides is 3. The fourth-order valence-electron chi connectivity index (χ4n) is 3.78. The van der Waals surface area contributed by atoms with Crippen LogP contribution in [0.2, 0.25) is 5.02 Å². The van der Waals surface area contributed by atoms with E-state index < -0.39 is 17.9 Å². The summed E-state index contributed by atoms with van der Waals surface area (Å²) in [6.07, 6.45) is 1.97. The summed E-state index contributed by atoms with van der Waals surface area (Å²) >= 11 is 6.11. The molecule has 0 spiro atoms. The normalized spacial score (nSPS) is 18.1. The van der Waals surface area contributed by atoms with Gasteiger partial charge in [0.2, 0.25) is 5.91 Å². The molecule has 1 atom stereocenters. The van der Waals surface area contributed by atoms with Gasteiger partial charge in [-0.05, 0) is 43.2 Å². The Morgan fingerprint density at radius 2 is 1.77 bits per heavy atom. The number of rotatable bonds is 5. The molecule has 2 aromatic carbocycles. The molecule has 1 saturated heterocycles. The van der Waals surface area contributed by atoms with Crippen LogP contribution in [-0.4, -0.2) is 47.5 Å². The lowest BCUT2D eigenvalue weighted by atomic mass is 10.1. The Morgan fingerprint density at radius 1 is 1.06 bits per heavy atom. The summed E-state index contributed by atoms with van der Waals surface area (Å²) in [5.74, 6) is -1.25. The Labute approximate surface area is 184 Å². The van der Waals surface area contributed by atoms with Gasteiger partial charge in [0, 0.05) is 24.5 Å². The number of carbonyl (C=O) groups excluding carboxylic acids is 3. The minimum atomic E-state index is -0.765. The lowest BCUT2D eigenvalue weighted by Crippen LogP contribution is -2.39. The van der Waals surface area contributed by atoms with Crippen molar-refractivity contribution < 1.29 is 14.4 Å². The van der Waals surface area contributed by atoms with Gasteiger partial charge in [0.25, 0.3) is 11.8 Å². The molecular formula is C22H22ClN5O3. The summed E-state index contributed by atoms with van der Waals surface area (Å²) in [6.45, 7) is 1.36. The molecule has 1 fully saturated rings. The summed E-state index contributed by atoms with van der Waals surface area (Å²) in [7, 11) is 0. The average molecular weight is 440 g/mol. The van der Waals surface area contributed by atoms with Crippen LogP contribution >= 0.6 is 11.6 Å². The number of primary amides is 1. The molecule has 0 bridgehead atoms. The van der Waals surface area contributed by atoms with Crippen molar-refractivity contribution in [1.82, 2.24) is 4.90 Å². The Bertz CT molecular complexity index is 1050. The summed E-state index contributed by atoms with van der Waals surface area (Å²) < 4.78 is 0.